The zero-order valence-electron chi connectivity index (χ0n) is 16.8. The van der Waals surface area contributed by atoms with E-state index in [-0.39, 0.29) is 36.1 Å². The van der Waals surface area contributed by atoms with E-state index in [0.29, 0.717) is 35.4 Å². The van der Waals surface area contributed by atoms with Crippen LogP contribution in [0.1, 0.15) is 26.7 Å². The monoisotopic (exact) mass is 452 g/mol. The van der Waals surface area contributed by atoms with Crippen LogP contribution in [0.25, 0.3) is 11.4 Å². The number of nitrogens with zero attached hydrogens (tertiary/aromatic N) is 5. The summed E-state index contributed by atoms with van der Waals surface area (Å²) in [6.45, 7) is 4.60. The van der Waals surface area contributed by atoms with Crippen molar-refractivity contribution in [3.05, 3.63) is 24.3 Å². The normalized spacial score (nSPS) is 14.8. The third-order valence-corrected chi connectivity index (χ3v) is 7.77. The lowest BCUT2D eigenvalue weighted by Gasteiger charge is -2.18. The Morgan fingerprint density at radius 1 is 1.13 bits per heavy atom. The van der Waals surface area contributed by atoms with Gasteiger partial charge in [0.25, 0.3) is 0 Å². The number of amides is 2. The Labute approximate surface area is 179 Å². The van der Waals surface area contributed by atoms with Crippen molar-refractivity contribution in [3.63, 3.8) is 0 Å². The fourth-order valence-electron chi connectivity index (χ4n) is 3.18. The van der Waals surface area contributed by atoms with E-state index in [0.717, 1.165) is 0 Å². The van der Waals surface area contributed by atoms with Crippen LogP contribution in [-0.4, -0.2) is 69.7 Å². The number of nitrogen functional groups attached to an aromatic ring is 1. The summed E-state index contributed by atoms with van der Waals surface area (Å²) in [4.78, 5) is 24.7. The highest BCUT2D eigenvalue weighted by Gasteiger charge is 2.28. The first-order valence-electron chi connectivity index (χ1n) is 9.56. The lowest BCUT2D eigenvalue weighted by atomic mass is 10.2. The molecular formula is C18H24N6O4S2. The largest absolute Gasteiger partial charge is 0.335 e. The van der Waals surface area contributed by atoms with Gasteiger partial charge in [-0.3, -0.25) is 14.5 Å². The molecule has 1 aliphatic heterocycles. The first-order chi connectivity index (χ1) is 14.3. The molecule has 0 radical (unpaired) electrons. The van der Waals surface area contributed by atoms with E-state index in [4.69, 9.17) is 5.84 Å². The molecule has 1 aromatic heterocycles. The minimum atomic E-state index is -3.61. The Morgan fingerprint density at radius 2 is 1.80 bits per heavy atom. The van der Waals surface area contributed by atoms with E-state index in [1.165, 1.54) is 37.8 Å². The molecule has 162 valence electrons. The lowest BCUT2D eigenvalue weighted by molar-refractivity contribution is -0.137. The molecular weight excluding hydrogens is 428 g/mol. The standard InChI is InChI=1S/C18H24N6O4S2/c1-3-22(4-2)30(27,28)14-7-5-6-13(12-14)17-20-21-18(24(17)19)29-11-10-23-15(25)8-9-16(23)26/h5-7,12H,3-4,8-11,19H2,1-2H3. The topological polar surface area (TPSA) is 131 Å². The minimum Gasteiger partial charge on any atom is -0.335 e. The second-order valence-electron chi connectivity index (χ2n) is 6.58. The van der Waals surface area contributed by atoms with E-state index in [1.807, 2.05) is 0 Å². The van der Waals surface area contributed by atoms with Crippen molar-refractivity contribution < 1.29 is 18.0 Å². The quantitative estimate of drug-likeness (QED) is 0.338. The summed E-state index contributed by atoms with van der Waals surface area (Å²) in [6.07, 6.45) is 0.515. The molecule has 2 N–H and O–H groups in total. The van der Waals surface area contributed by atoms with Crippen LogP contribution >= 0.6 is 11.8 Å². The van der Waals surface area contributed by atoms with Gasteiger partial charge >= 0.3 is 0 Å². The zero-order valence-corrected chi connectivity index (χ0v) is 18.4. The number of nitrogens with two attached hydrogens (primary N) is 1. The second kappa shape index (κ2) is 9.14. The summed E-state index contributed by atoms with van der Waals surface area (Å²) >= 11 is 1.27. The fraction of sp³-hybridized carbons (Fsp3) is 0.444. The van der Waals surface area contributed by atoms with Crippen LogP contribution in [0.2, 0.25) is 0 Å². The number of rotatable bonds is 9. The average Bonchev–Trinajstić information content (AvgIpc) is 3.25. The van der Waals surface area contributed by atoms with Gasteiger partial charge in [0, 0.05) is 43.8 Å². The van der Waals surface area contributed by atoms with Crippen LogP contribution in [0, 0.1) is 0 Å². The average molecular weight is 453 g/mol. The number of hydrogen-bond acceptors (Lipinski definition) is 8. The Kier molecular flexibility index (Phi) is 6.78. The van der Waals surface area contributed by atoms with E-state index in [2.05, 4.69) is 10.2 Å². The highest BCUT2D eigenvalue weighted by atomic mass is 32.2. The van der Waals surface area contributed by atoms with Crippen molar-refractivity contribution in [3.8, 4) is 11.4 Å². The molecule has 30 heavy (non-hydrogen) atoms. The summed E-state index contributed by atoms with van der Waals surface area (Å²) in [5, 5.41) is 8.55. The SMILES string of the molecule is CCN(CC)S(=O)(=O)c1cccc(-c2nnc(SCCN3C(=O)CCC3=O)n2N)c1. The van der Waals surface area contributed by atoms with Gasteiger partial charge in [-0.2, -0.15) is 4.31 Å². The van der Waals surface area contributed by atoms with Crippen molar-refractivity contribution >= 4 is 33.6 Å². The summed E-state index contributed by atoms with van der Waals surface area (Å²) < 4.78 is 28.2. The number of benzene rings is 1. The summed E-state index contributed by atoms with van der Waals surface area (Å²) in [5.74, 6) is 6.54. The Morgan fingerprint density at radius 3 is 2.43 bits per heavy atom. The van der Waals surface area contributed by atoms with E-state index >= 15 is 0 Å². The molecule has 1 aromatic carbocycles. The first-order valence-corrected chi connectivity index (χ1v) is 12.0. The fourth-order valence-corrected chi connectivity index (χ4v) is 5.47. The van der Waals surface area contributed by atoms with Gasteiger partial charge in [-0.05, 0) is 12.1 Å². The molecule has 2 heterocycles. The molecule has 12 heteroatoms. The van der Waals surface area contributed by atoms with Gasteiger partial charge in [-0.15, -0.1) is 10.2 Å². The van der Waals surface area contributed by atoms with Gasteiger partial charge in [0.15, 0.2) is 5.82 Å². The van der Waals surface area contributed by atoms with Crippen molar-refractivity contribution in [1.82, 2.24) is 24.1 Å². The Bertz CT molecular complexity index is 1030. The molecule has 0 unspecified atom stereocenters. The maximum Gasteiger partial charge on any atom is 0.243 e. The third kappa shape index (κ3) is 4.35. The maximum absolute atomic E-state index is 12.8. The molecule has 1 saturated heterocycles. The molecule has 0 aliphatic carbocycles. The van der Waals surface area contributed by atoms with Crippen molar-refractivity contribution in [2.24, 2.45) is 0 Å². The number of likely N-dealkylation sites (tertiary alicyclic amines) is 1. The molecule has 1 aliphatic rings. The smallest absolute Gasteiger partial charge is 0.243 e. The molecule has 0 atom stereocenters. The van der Waals surface area contributed by atoms with Crippen molar-refractivity contribution in [2.45, 2.75) is 36.7 Å². The van der Waals surface area contributed by atoms with Crippen LogP contribution in [0.5, 0.6) is 0 Å². The van der Waals surface area contributed by atoms with Gasteiger partial charge in [-0.1, -0.05) is 37.7 Å². The summed E-state index contributed by atoms with van der Waals surface area (Å²) in [7, 11) is -3.61. The molecule has 2 aromatic rings. The molecule has 3 rings (SSSR count). The molecule has 1 fully saturated rings. The van der Waals surface area contributed by atoms with Crippen molar-refractivity contribution in [2.75, 3.05) is 31.2 Å². The Balaban J connectivity index is 1.76. The van der Waals surface area contributed by atoms with Crippen LogP contribution in [0.15, 0.2) is 34.3 Å². The highest BCUT2D eigenvalue weighted by Crippen LogP contribution is 2.25. The Hall–Kier alpha value is -2.44. The van der Waals surface area contributed by atoms with Gasteiger partial charge in [0.2, 0.25) is 27.0 Å². The number of carbonyl (C=O) groups excluding carboxylic acids is 2. The summed E-state index contributed by atoms with van der Waals surface area (Å²) in [5.41, 5.74) is 0.523. The van der Waals surface area contributed by atoms with Gasteiger partial charge < -0.3 is 5.84 Å². The first kappa shape index (κ1) is 22.2. The summed E-state index contributed by atoms with van der Waals surface area (Å²) in [6, 6.07) is 6.41. The highest BCUT2D eigenvalue weighted by molar-refractivity contribution is 7.99. The molecule has 0 bridgehead atoms. The van der Waals surface area contributed by atoms with Crippen LogP contribution in [0.3, 0.4) is 0 Å². The molecule has 2 amide bonds. The van der Waals surface area contributed by atoms with Crippen LogP contribution < -0.4 is 5.84 Å². The molecule has 0 saturated carbocycles. The molecule has 0 spiro atoms. The number of sulfonamides is 1. The number of aromatic nitrogens is 3. The predicted octanol–water partition coefficient (Wildman–Crippen LogP) is 0.931. The second-order valence-corrected chi connectivity index (χ2v) is 9.58. The minimum absolute atomic E-state index is 0.159. The van der Waals surface area contributed by atoms with E-state index < -0.39 is 10.0 Å². The lowest BCUT2D eigenvalue weighted by Crippen LogP contribution is -2.31. The van der Waals surface area contributed by atoms with E-state index in [9.17, 15) is 18.0 Å². The number of hydrogen-bond donors (Lipinski definition) is 1. The van der Waals surface area contributed by atoms with Crippen LogP contribution in [0.4, 0.5) is 0 Å². The van der Waals surface area contributed by atoms with E-state index in [1.54, 1.807) is 26.0 Å². The van der Waals surface area contributed by atoms with Crippen molar-refractivity contribution in [1.29, 1.82) is 0 Å². The maximum atomic E-state index is 12.8. The van der Waals surface area contributed by atoms with Gasteiger partial charge in [0.05, 0.1) is 4.90 Å². The molecule has 10 nitrogen and oxygen atoms in total. The predicted molar refractivity (Wildman–Crippen MR) is 112 cm³/mol. The van der Waals surface area contributed by atoms with Gasteiger partial charge in [0.1, 0.15) is 0 Å². The van der Waals surface area contributed by atoms with Crippen LogP contribution in [-0.2, 0) is 19.6 Å². The zero-order chi connectivity index (χ0) is 21.9. The number of imide groups is 1. The number of thioether (sulfide) groups is 1. The van der Waals surface area contributed by atoms with Gasteiger partial charge in [-0.25, -0.2) is 13.1 Å². The third-order valence-electron chi connectivity index (χ3n) is 4.80. The number of carbonyl (C=O) groups is 2.